The van der Waals surface area contributed by atoms with Crippen LogP contribution in [0.1, 0.15) is 29.5 Å². The van der Waals surface area contributed by atoms with Gasteiger partial charge in [0.25, 0.3) is 0 Å². The highest BCUT2D eigenvalue weighted by molar-refractivity contribution is 7.98. The molecule has 2 aromatic heterocycles. The summed E-state index contributed by atoms with van der Waals surface area (Å²) in [5.41, 5.74) is 12.0. The predicted molar refractivity (Wildman–Crippen MR) is 129 cm³/mol. The van der Waals surface area contributed by atoms with E-state index in [0.717, 1.165) is 33.4 Å². The van der Waals surface area contributed by atoms with Crippen molar-refractivity contribution in [2.75, 3.05) is 25.1 Å². The second kappa shape index (κ2) is 8.05. The third-order valence-corrected chi connectivity index (χ3v) is 7.01. The Bertz CT molecular complexity index is 1330. The number of H-pyrrole nitrogens is 1. The number of hydrogen-bond acceptors (Lipinski definition) is 5. The normalized spacial score (nSPS) is 14.8. The van der Waals surface area contributed by atoms with E-state index in [4.69, 9.17) is 5.73 Å². The van der Waals surface area contributed by atoms with Gasteiger partial charge in [0.05, 0.1) is 17.6 Å². The lowest BCUT2D eigenvalue weighted by Crippen LogP contribution is -2.19. The van der Waals surface area contributed by atoms with Crippen molar-refractivity contribution in [2.45, 2.75) is 37.8 Å². The largest absolute Gasteiger partial charge is 0.382 e. The summed E-state index contributed by atoms with van der Waals surface area (Å²) in [6.45, 7) is 6.03. The standard InChI is InChI=1S/C24H27N5OS/c1-15-11-16(5-6-17(15)14-28-9-3-4-10-28)13-29-22-19-8-7-18(31-2)12-20(19)26-23(25)21(22)27-24(29)30/h5-8,11-12H,3-4,9-10,13-14H2,1-2H3,(H2,25,26)(H,27,30). The number of pyridine rings is 1. The van der Waals surface area contributed by atoms with Crippen LogP contribution in [0.5, 0.6) is 0 Å². The van der Waals surface area contributed by atoms with E-state index in [2.05, 4.69) is 46.1 Å². The number of imidazole rings is 1. The number of nitrogen functional groups attached to an aromatic ring is 1. The zero-order chi connectivity index (χ0) is 21.5. The first kappa shape index (κ1) is 20.2. The van der Waals surface area contributed by atoms with Crippen LogP contribution in [0, 0.1) is 6.92 Å². The van der Waals surface area contributed by atoms with Crippen LogP contribution in [0.15, 0.2) is 46.1 Å². The number of hydrogen-bond donors (Lipinski definition) is 2. The second-order valence-corrected chi connectivity index (χ2v) is 9.24. The van der Waals surface area contributed by atoms with Crippen LogP contribution < -0.4 is 11.4 Å². The number of anilines is 1. The molecule has 1 fully saturated rings. The van der Waals surface area contributed by atoms with Gasteiger partial charge in [0, 0.05) is 16.8 Å². The number of aryl methyl sites for hydroxylation is 1. The van der Waals surface area contributed by atoms with E-state index in [1.807, 2.05) is 18.4 Å². The van der Waals surface area contributed by atoms with Crippen molar-refractivity contribution in [3.05, 3.63) is 63.6 Å². The van der Waals surface area contributed by atoms with Crippen molar-refractivity contribution in [3.8, 4) is 0 Å². The third-order valence-electron chi connectivity index (χ3n) is 6.28. The molecule has 0 saturated carbocycles. The molecule has 5 rings (SSSR count). The zero-order valence-corrected chi connectivity index (χ0v) is 18.8. The Morgan fingerprint density at radius 2 is 1.94 bits per heavy atom. The number of nitrogens with two attached hydrogens (primary N) is 1. The number of thioether (sulfide) groups is 1. The number of likely N-dealkylation sites (tertiary alicyclic amines) is 1. The molecule has 4 aromatic rings. The minimum absolute atomic E-state index is 0.163. The first-order chi connectivity index (χ1) is 15.0. The molecule has 6 nitrogen and oxygen atoms in total. The lowest BCUT2D eigenvalue weighted by atomic mass is 10.0. The van der Waals surface area contributed by atoms with Crippen molar-refractivity contribution in [3.63, 3.8) is 0 Å². The Morgan fingerprint density at radius 1 is 1.13 bits per heavy atom. The molecule has 0 amide bonds. The minimum atomic E-state index is -0.163. The average molecular weight is 434 g/mol. The van der Waals surface area contributed by atoms with Gasteiger partial charge < -0.3 is 10.7 Å². The molecule has 3 heterocycles. The summed E-state index contributed by atoms with van der Waals surface area (Å²) in [7, 11) is 0. The fraction of sp³-hybridized carbons (Fsp3) is 0.333. The summed E-state index contributed by atoms with van der Waals surface area (Å²) < 4.78 is 1.78. The van der Waals surface area contributed by atoms with E-state index in [-0.39, 0.29) is 5.69 Å². The number of rotatable bonds is 5. The van der Waals surface area contributed by atoms with E-state index >= 15 is 0 Å². The number of aromatic amines is 1. The van der Waals surface area contributed by atoms with E-state index in [1.165, 1.54) is 37.1 Å². The molecule has 0 bridgehead atoms. The van der Waals surface area contributed by atoms with Gasteiger partial charge in [-0.3, -0.25) is 9.47 Å². The Hall–Kier alpha value is -2.77. The van der Waals surface area contributed by atoms with Gasteiger partial charge in [-0.2, -0.15) is 0 Å². The van der Waals surface area contributed by atoms with Gasteiger partial charge in [-0.05, 0) is 74.0 Å². The van der Waals surface area contributed by atoms with Crippen LogP contribution in [0.25, 0.3) is 21.9 Å². The maximum absolute atomic E-state index is 12.9. The van der Waals surface area contributed by atoms with Gasteiger partial charge in [-0.1, -0.05) is 18.2 Å². The van der Waals surface area contributed by atoms with Crippen LogP contribution >= 0.6 is 11.8 Å². The Labute approximate surface area is 185 Å². The predicted octanol–water partition coefficient (Wildman–Crippen LogP) is 4.13. The topological polar surface area (TPSA) is 79.9 Å². The molecule has 160 valence electrons. The average Bonchev–Trinajstić information content (AvgIpc) is 3.38. The van der Waals surface area contributed by atoms with Crippen LogP contribution in [-0.2, 0) is 13.1 Å². The van der Waals surface area contributed by atoms with Gasteiger partial charge in [-0.25, -0.2) is 9.78 Å². The number of nitrogens with zero attached hydrogens (tertiary/aromatic N) is 3. The highest BCUT2D eigenvalue weighted by Gasteiger charge is 2.16. The maximum atomic E-state index is 12.9. The van der Waals surface area contributed by atoms with Gasteiger partial charge >= 0.3 is 5.69 Å². The maximum Gasteiger partial charge on any atom is 0.326 e. The lowest BCUT2D eigenvalue weighted by Gasteiger charge is -2.17. The van der Waals surface area contributed by atoms with E-state index in [0.29, 0.717) is 17.9 Å². The van der Waals surface area contributed by atoms with Crippen LogP contribution in [-0.4, -0.2) is 38.8 Å². The lowest BCUT2D eigenvalue weighted by molar-refractivity contribution is 0.330. The molecule has 0 unspecified atom stereocenters. The summed E-state index contributed by atoms with van der Waals surface area (Å²) in [6.07, 6.45) is 4.63. The smallest absolute Gasteiger partial charge is 0.326 e. The van der Waals surface area contributed by atoms with E-state index in [9.17, 15) is 4.79 Å². The number of aromatic nitrogens is 3. The molecule has 0 spiro atoms. The molecule has 0 atom stereocenters. The molecule has 0 aliphatic carbocycles. The van der Waals surface area contributed by atoms with Crippen molar-refractivity contribution in [1.29, 1.82) is 0 Å². The summed E-state index contributed by atoms with van der Waals surface area (Å²) in [5.74, 6) is 0.355. The summed E-state index contributed by atoms with van der Waals surface area (Å²) >= 11 is 1.66. The molecule has 0 radical (unpaired) electrons. The SMILES string of the molecule is CSc1ccc2c(c1)nc(N)c1[nH]c(=O)n(Cc3ccc(CN4CCCC4)c(C)c3)c12. The van der Waals surface area contributed by atoms with Crippen LogP contribution in [0.4, 0.5) is 5.82 Å². The summed E-state index contributed by atoms with van der Waals surface area (Å²) in [5, 5.41) is 0.933. The van der Waals surface area contributed by atoms with Crippen molar-refractivity contribution >= 4 is 39.5 Å². The second-order valence-electron chi connectivity index (χ2n) is 8.36. The molecule has 1 aliphatic heterocycles. The molecule has 2 aromatic carbocycles. The van der Waals surface area contributed by atoms with Crippen molar-refractivity contribution in [2.24, 2.45) is 0 Å². The molecule has 3 N–H and O–H groups in total. The number of fused-ring (bicyclic) bond motifs is 3. The molecular formula is C24H27N5OS. The number of benzene rings is 2. The molecule has 1 saturated heterocycles. The quantitative estimate of drug-likeness (QED) is 0.463. The van der Waals surface area contributed by atoms with Gasteiger partial charge in [-0.15, -0.1) is 11.8 Å². The van der Waals surface area contributed by atoms with E-state index < -0.39 is 0 Å². The molecular weight excluding hydrogens is 406 g/mol. The Balaban J connectivity index is 1.55. The molecule has 1 aliphatic rings. The molecule has 31 heavy (non-hydrogen) atoms. The van der Waals surface area contributed by atoms with Gasteiger partial charge in [0.2, 0.25) is 0 Å². The van der Waals surface area contributed by atoms with Gasteiger partial charge in [0.1, 0.15) is 11.3 Å². The Morgan fingerprint density at radius 3 is 2.68 bits per heavy atom. The number of nitrogens with one attached hydrogen (secondary N) is 1. The summed E-state index contributed by atoms with van der Waals surface area (Å²) in [4.78, 5) is 23.9. The zero-order valence-electron chi connectivity index (χ0n) is 17.9. The van der Waals surface area contributed by atoms with Crippen LogP contribution in [0.2, 0.25) is 0 Å². The van der Waals surface area contributed by atoms with Crippen LogP contribution in [0.3, 0.4) is 0 Å². The van der Waals surface area contributed by atoms with E-state index in [1.54, 1.807) is 16.3 Å². The highest BCUT2D eigenvalue weighted by Crippen LogP contribution is 2.29. The molecule has 7 heteroatoms. The fourth-order valence-corrected chi connectivity index (χ4v) is 5.03. The first-order valence-corrected chi connectivity index (χ1v) is 11.9. The van der Waals surface area contributed by atoms with Gasteiger partial charge in [0.15, 0.2) is 0 Å². The monoisotopic (exact) mass is 433 g/mol. The summed E-state index contributed by atoms with van der Waals surface area (Å²) in [6, 6.07) is 12.7. The fourth-order valence-electron chi connectivity index (χ4n) is 4.60. The van der Waals surface area contributed by atoms with Crippen molar-refractivity contribution < 1.29 is 0 Å². The first-order valence-electron chi connectivity index (χ1n) is 10.7. The minimum Gasteiger partial charge on any atom is -0.382 e. The van der Waals surface area contributed by atoms with Crippen molar-refractivity contribution in [1.82, 2.24) is 19.4 Å². The third kappa shape index (κ3) is 3.72. The highest BCUT2D eigenvalue weighted by atomic mass is 32.2. The Kier molecular flexibility index (Phi) is 5.24.